The Morgan fingerprint density at radius 1 is 1.33 bits per heavy atom. The van der Waals surface area contributed by atoms with Crippen LogP contribution in [0.5, 0.6) is 0 Å². The van der Waals surface area contributed by atoms with Gasteiger partial charge in [-0.3, -0.25) is 5.21 Å². The molecule has 3 nitrogen and oxygen atoms in total. The third kappa shape index (κ3) is 1.74. The van der Waals surface area contributed by atoms with Gasteiger partial charge in [0.15, 0.2) is 0 Å². The van der Waals surface area contributed by atoms with Gasteiger partial charge in [0.1, 0.15) is 5.60 Å². The highest BCUT2D eigenvalue weighted by molar-refractivity contribution is 5.10. The molecule has 1 aromatic rings. The van der Waals surface area contributed by atoms with Gasteiger partial charge in [0.05, 0.1) is 0 Å². The first kappa shape index (κ1) is 9.00. The molecule has 66 valence electrons. The van der Waals surface area contributed by atoms with Crippen molar-refractivity contribution in [2.24, 2.45) is 0 Å². The number of aromatic nitrogens is 1. The maximum atomic E-state index is 9.58. The molecule has 0 bridgehead atoms. The van der Waals surface area contributed by atoms with Crippen molar-refractivity contribution in [1.29, 1.82) is 0 Å². The lowest BCUT2D eigenvalue weighted by Crippen LogP contribution is -2.41. The normalized spacial score (nSPS) is 11.7. The Labute approximate surface area is 71.9 Å². The van der Waals surface area contributed by atoms with E-state index in [1.54, 1.807) is 26.1 Å². The molecule has 1 rings (SSSR count). The number of aliphatic hydroxyl groups is 1. The number of hydrogen-bond donors (Lipinski definition) is 2. The fraction of sp³-hybridized carbons (Fsp3) is 0.444. The van der Waals surface area contributed by atoms with Crippen LogP contribution in [0.3, 0.4) is 0 Å². The van der Waals surface area contributed by atoms with Crippen molar-refractivity contribution in [3.8, 4) is 0 Å². The lowest BCUT2D eigenvalue weighted by atomic mass is 10.0. The fourth-order valence-corrected chi connectivity index (χ4v) is 1.08. The van der Waals surface area contributed by atoms with Crippen LogP contribution in [0, 0.1) is 6.92 Å². The Hall–Kier alpha value is -1.09. The van der Waals surface area contributed by atoms with Crippen molar-refractivity contribution in [1.82, 2.24) is 0 Å². The second-order valence-electron chi connectivity index (χ2n) is 3.50. The summed E-state index contributed by atoms with van der Waals surface area (Å²) in [5, 5.41) is 19.0. The van der Waals surface area contributed by atoms with Crippen LogP contribution in [0.4, 0.5) is 0 Å². The number of rotatable bonds is 1. The van der Waals surface area contributed by atoms with Crippen molar-refractivity contribution in [2.75, 3.05) is 0 Å². The summed E-state index contributed by atoms with van der Waals surface area (Å²) in [6.45, 7) is 5.13. The number of pyridine rings is 1. The van der Waals surface area contributed by atoms with E-state index in [-0.39, 0.29) is 0 Å². The van der Waals surface area contributed by atoms with Gasteiger partial charge in [0, 0.05) is 16.4 Å². The molecule has 3 heteroatoms. The summed E-state index contributed by atoms with van der Waals surface area (Å²) in [5.41, 5.74) is 0.418. The second kappa shape index (κ2) is 2.75. The lowest BCUT2D eigenvalue weighted by Gasteiger charge is -2.11. The van der Waals surface area contributed by atoms with E-state index in [1.165, 1.54) is 0 Å². The quantitative estimate of drug-likeness (QED) is 0.480. The first-order chi connectivity index (χ1) is 5.41. The standard InChI is InChI=1S/C9H14NO2/c1-7-4-5-8(9(2,3)11)10(12)6-7/h4-6,11-12H,1-3H3/q+1. The van der Waals surface area contributed by atoms with Crippen molar-refractivity contribution in [3.05, 3.63) is 29.6 Å². The summed E-state index contributed by atoms with van der Waals surface area (Å²) in [4.78, 5) is 0. The van der Waals surface area contributed by atoms with E-state index < -0.39 is 5.60 Å². The highest BCUT2D eigenvalue weighted by Gasteiger charge is 2.27. The monoisotopic (exact) mass is 168 g/mol. The molecule has 0 fully saturated rings. The Bertz CT molecular complexity index is 289. The van der Waals surface area contributed by atoms with Crippen molar-refractivity contribution in [2.45, 2.75) is 26.4 Å². The minimum atomic E-state index is -1.01. The summed E-state index contributed by atoms with van der Waals surface area (Å²) < 4.78 is 0.954. The van der Waals surface area contributed by atoms with E-state index in [2.05, 4.69) is 0 Å². The van der Waals surface area contributed by atoms with Gasteiger partial charge in [-0.15, -0.1) is 0 Å². The summed E-state index contributed by atoms with van der Waals surface area (Å²) in [7, 11) is 0. The van der Waals surface area contributed by atoms with E-state index in [0.29, 0.717) is 5.69 Å². The van der Waals surface area contributed by atoms with E-state index in [4.69, 9.17) is 0 Å². The van der Waals surface area contributed by atoms with E-state index >= 15 is 0 Å². The third-order valence-electron chi connectivity index (χ3n) is 1.70. The zero-order chi connectivity index (χ0) is 9.35. The van der Waals surface area contributed by atoms with Crippen LogP contribution in [0.1, 0.15) is 25.1 Å². The Morgan fingerprint density at radius 2 is 1.92 bits per heavy atom. The molecule has 0 aliphatic rings. The van der Waals surface area contributed by atoms with Gasteiger partial charge >= 0.3 is 0 Å². The molecular formula is C9H14NO2+. The van der Waals surface area contributed by atoms with Crippen LogP contribution < -0.4 is 4.73 Å². The minimum Gasteiger partial charge on any atom is -0.379 e. The van der Waals surface area contributed by atoms with Gasteiger partial charge < -0.3 is 5.11 Å². The van der Waals surface area contributed by atoms with Crippen LogP contribution in [0.2, 0.25) is 0 Å². The van der Waals surface area contributed by atoms with Crippen LogP contribution in [0.15, 0.2) is 18.3 Å². The maximum Gasteiger partial charge on any atom is 0.264 e. The van der Waals surface area contributed by atoms with Gasteiger partial charge in [-0.05, 0) is 26.8 Å². The Morgan fingerprint density at radius 3 is 2.33 bits per heavy atom. The van der Waals surface area contributed by atoms with E-state index in [9.17, 15) is 10.3 Å². The number of aryl methyl sites for hydroxylation is 1. The van der Waals surface area contributed by atoms with Crippen LogP contribution >= 0.6 is 0 Å². The predicted molar refractivity (Wildman–Crippen MR) is 43.8 cm³/mol. The molecule has 0 aromatic carbocycles. The molecule has 0 radical (unpaired) electrons. The second-order valence-corrected chi connectivity index (χ2v) is 3.50. The Balaban J connectivity index is 3.19. The zero-order valence-corrected chi connectivity index (χ0v) is 7.57. The highest BCUT2D eigenvalue weighted by atomic mass is 16.5. The lowest BCUT2D eigenvalue weighted by molar-refractivity contribution is -0.913. The van der Waals surface area contributed by atoms with E-state index in [0.717, 1.165) is 10.3 Å². The summed E-state index contributed by atoms with van der Waals surface area (Å²) >= 11 is 0. The first-order valence-corrected chi connectivity index (χ1v) is 3.85. The van der Waals surface area contributed by atoms with Crippen molar-refractivity contribution >= 4 is 0 Å². The highest BCUT2D eigenvalue weighted by Crippen LogP contribution is 2.14. The summed E-state index contributed by atoms with van der Waals surface area (Å²) in [6, 6.07) is 3.55. The van der Waals surface area contributed by atoms with Crippen molar-refractivity contribution < 1.29 is 15.0 Å². The topological polar surface area (TPSA) is 44.3 Å². The maximum absolute atomic E-state index is 9.58. The zero-order valence-electron chi connectivity index (χ0n) is 7.57. The van der Waals surface area contributed by atoms with Crippen molar-refractivity contribution in [3.63, 3.8) is 0 Å². The molecule has 12 heavy (non-hydrogen) atoms. The molecule has 1 aromatic heterocycles. The molecule has 0 unspecified atom stereocenters. The molecule has 2 N–H and O–H groups in total. The summed E-state index contributed by atoms with van der Waals surface area (Å²) in [6.07, 6.45) is 1.56. The van der Waals surface area contributed by atoms with Crippen LogP contribution in [-0.4, -0.2) is 10.3 Å². The molecule has 0 atom stereocenters. The van der Waals surface area contributed by atoms with Gasteiger partial charge in [-0.2, -0.15) is 0 Å². The molecule has 0 saturated heterocycles. The SMILES string of the molecule is Cc1ccc(C(C)(C)O)[n+](O)c1. The largest absolute Gasteiger partial charge is 0.379 e. The minimum absolute atomic E-state index is 0.480. The molecule has 0 aliphatic heterocycles. The van der Waals surface area contributed by atoms with Gasteiger partial charge in [-0.1, -0.05) is 0 Å². The molecule has 0 spiro atoms. The average Bonchev–Trinajstić information content (AvgIpc) is 1.83. The van der Waals surface area contributed by atoms with Gasteiger partial charge in [-0.25, -0.2) is 0 Å². The summed E-state index contributed by atoms with van der Waals surface area (Å²) in [5.74, 6) is 0. The predicted octanol–water partition coefficient (Wildman–Crippen LogP) is 0.747. The van der Waals surface area contributed by atoms with Crippen LogP contribution in [-0.2, 0) is 5.60 Å². The average molecular weight is 168 g/mol. The molecule has 1 heterocycles. The third-order valence-corrected chi connectivity index (χ3v) is 1.70. The van der Waals surface area contributed by atoms with Crippen LogP contribution in [0.25, 0.3) is 0 Å². The number of nitrogens with zero attached hydrogens (tertiary/aromatic N) is 1. The first-order valence-electron chi connectivity index (χ1n) is 3.85. The Kier molecular flexibility index (Phi) is 2.06. The molecule has 0 saturated carbocycles. The number of hydrogen-bond acceptors (Lipinski definition) is 2. The van der Waals surface area contributed by atoms with E-state index in [1.807, 2.05) is 13.0 Å². The molecule has 0 aliphatic carbocycles. The van der Waals surface area contributed by atoms with Gasteiger partial charge in [0.2, 0.25) is 6.20 Å². The molecular weight excluding hydrogens is 154 g/mol. The van der Waals surface area contributed by atoms with Gasteiger partial charge in [0.25, 0.3) is 5.69 Å². The molecule has 0 amide bonds. The smallest absolute Gasteiger partial charge is 0.264 e. The fourth-order valence-electron chi connectivity index (χ4n) is 1.08.